The Bertz CT molecular complexity index is 1290. The molecule has 0 saturated carbocycles. The van der Waals surface area contributed by atoms with Crippen LogP contribution in [0.4, 0.5) is 0 Å². The van der Waals surface area contributed by atoms with Crippen molar-refractivity contribution in [3.05, 3.63) is 70.8 Å². The van der Waals surface area contributed by atoms with Gasteiger partial charge in [0, 0.05) is 0 Å². The summed E-state index contributed by atoms with van der Waals surface area (Å²) in [7, 11) is 2.99. The Hall–Kier alpha value is -4.36. The van der Waals surface area contributed by atoms with E-state index in [9.17, 15) is 29.4 Å². The van der Waals surface area contributed by atoms with Crippen molar-refractivity contribution in [2.45, 2.75) is 56.0 Å². The van der Waals surface area contributed by atoms with Gasteiger partial charge in [-0.3, -0.25) is 19.2 Å². The number of hydrogen-bond donors (Lipinski definition) is 6. The zero-order valence-corrected chi connectivity index (χ0v) is 25.7. The van der Waals surface area contributed by atoms with Crippen LogP contribution in [0.15, 0.2) is 48.6 Å². The summed E-state index contributed by atoms with van der Waals surface area (Å²) in [4.78, 5) is 47.6. The van der Waals surface area contributed by atoms with Gasteiger partial charge < -0.3 is 42.6 Å². The molecule has 0 aliphatic heterocycles. The first kappa shape index (κ1) is 36.8. The van der Waals surface area contributed by atoms with Gasteiger partial charge in [-0.2, -0.15) is 0 Å². The third kappa shape index (κ3) is 11.6. The summed E-state index contributed by atoms with van der Waals surface area (Å²) >= 11 is 0. The number of benzene rings is 2. The van der Waals surface area contributed by atoms with Gasteiger partial charge in [-0.15, -0.1) is 0 Å². The second-order valence-corrected chi connectivity index (χ2v) is 10.7. The van der Waals surface area contributed by atoms with Crippen LogP contribution in [0.25, 0.3) is 12.2 Å². The molecule has 0 heterocycles. The third-order valence-electron chi connectivity index (χ3n) is 7.41. The molecular formula is C33H44N4O8. The molecule has 0 aliphatic carbocycles. The van der Waals surface area contributed by atoms with Crippen LogP contribution >= 0.6 is 0 Å². The van der Waals surface area contributed by atoms with Crippen molar-refractivity contribution < 1.29 is 38.9 Å². The number of allylic oxidation sites excluding steroid dienone is 2. The van der Waals surface area contributed by atoms with Gasteiger partial charge in [0.15, 0.2) is 11.6 Å². The molecule has 2 rings (SSSR count). The van der Waals surface area contributed by atoms with E-state index in [1.165, 1.54) is 26.4 Å². The first-order valence-electron chi connectivity index (χ1n) is 14.6. The van der Waals surface area contributed by atoms with Crippen LogP contribution in [0.2, 0.25) is 0 Å². The van der Waals surface area contributed by atoms with E-state index in [1.54, 1.807) is 48.6 Å². The second kappa shape index (κ2) is 18.4. The minimum Gasteiger partial charge on any atom is -0.496 e. The maximum absolute atomic E-state index is 12.5. The predicted octanol–water partition coefficient (Wildman–Crippen LogP) is 2.43. The lowest BCUT2D eigenvalue weighted by Crippen LogP contribution is -2.32. The molecule has 0 spiro atoms. The Morgan fingerprint density at radius 3 is 1.40 bits per heavy atom. The maximum atomic E-state index is 12.5. The molecule has 0 bridgehead atoms. The molecule has 2 aromatic rings. The van der Waals surface area contributed by atoms with E-state index in [0.717, 1.165) is 11.1 Å². The molecule has 244 valence electrons. The number of nitrogens with two attached hydrogens (primary N) is 4. The highest BCUT2D eigenvalue weighted by molar-refractivity contribution is 6.10. The second-order valence-electron chi connectivity index (χ2n) is 10.7. The van der Waals surface area contributed by atoms with Crippen molar-refractivity contribution in [1.82, 2.24) is 0 Å². The van der Waals surface area contributed by atoms with E-state index in [4.69, 9.17) is 32.4 Å². The summed E-state index contributed by atoms with van der Waals surface area (Å²) in [5.74, 6) is -2.40. The summed E-state index contributed by atoms with van der Waals surface area (Å²) in [5, 5.41) is 18.4. The molecule has 0 saturated heterocycles. The highest BCUT2D eigenvalue weighted by atomic mass is 16.5. The molecule has 10 N–H and O–H groups in total. The number of aliphatic carboxylic acids is 2. The number of methoxy groups -OCH3 is 2. The Balaban J connectivity index is 2.10. The van der Waals surface area contributed by atoms with E-state index in [0.29, 0.717) is 48.6 Å². The van der Waals surface area contributed by atoms with E-state index in [2.05, 4.69) is 0 Å². The summed E-state index contributed by atoms with van der Waals surface area (Å²) in [5.41, 5.74) is 25.8. The highest BCUT2D eigenvalue weighted by Crippen LogP contribution is 2.34. The summed E-state index contributed by atoms with van der Waals surface area (Å²) < 4.78 is 11.0. The summed E-state index contributed by atoms with van der Waals surface area (Å²) in [6.45, 7) is 0.688. The fourth-order valence-electron chi connectivity index (χ4n) is 5.02. The molecule has 0 fully saturated rings. The van der Waals surface area contributed by atoms with Gasteiger partial charge >= 0.3 is 11.9 Å². The van der Waals surface area contributed by atoms with Crippen LogP contribution < -0.4 is 32.4 Å². The van der Waals surface area contributed by atoms with Crippen molar-refractivity contribution in [3.63, 3.8) is 0 Å². The molecule has 2 aromatic carbocycles. The molecular weight excluding hydrogens is 580 g/mol. The van der Waals surface area contributed by atoms with Gasteiger partial charge in [0.25, 0.3) is 0 Å². The minimum absolute atomic E-state index is 0.194. The first-order valence-corrected chi connectivity index (χ1v) is 14.6. The van der Waals surface area contributed by atoms with Gasteiger partial charge in [0.05, 0.1) is 20.6 Å². The van der Waals surface area contributed by atoms with Crippen LogP contribution in [0.3, 0.4) is 0 Å². The van der Waals surface area contributed by atoms with E-state index in [-0.39, 0.29) is 31.1 Å². The van der Waals surface area contributed by atoms with Crippen molar-refractivity contribution in [3.8, 4) is 11.5 Å². The Labute approximate surface area is 263 Å². The number of ether oxygens (including phenoxy) is 2. The molecule has 0 amide bonds. The third-order valence-corrected chi connectivity index (χ3v) is 7.41. The van der Waals surface area contributed by atoms with Gasteiger partial charge in [-0.25, -0.2) is 0 Å². The quantitative estimate of drug-likeness (QED) is 0.0921. The lowest BCUT2D eigenvalue weighted by atomic mass is 9.88. The van der Waals surface area contributed by atoms with Crippen LogP contribution in [0.5, 0.6) is 11.5 Å². The van der Waals surface area contributed by atoms with E-state index >= 15 is 0 Å². The summed E-state index contributed by atoms with van der Waals surface area (Å²) in [6.07, 6.45) is 6.87. The van der Waals surface area contributed by atoms with Crippen molar-refractivity contribution in [1.29, 1.82) is 0 Å². The Morgan fingerprint density at radius 1 is 0.711 bits per heavy atom. The van der Waals surface area contributed by atoms with Crippen molar-refractivity contribution in [2.75, 3.05) is 27.3 Å². The highest BCUT2D eigenvalue weighted by Gasteiger charge is 2.24. The Kier molecular flexibility index (Phi) is 15.1. The molecule has 0 aliphatic rings. The number of carbonyl (C=O) groups excluding carboxylic acids is 2. The molecule has 12 nitrogen and oxygen atoms in total. The summed E-state index contributed by atoms with van der Waals surface area (Å²) in [6, 6.07) is 8.49. The van der Waals surface area contributed by atoms with Crippen LogP contribution in [-0.4, -0.2) is 73.1 Å². The Morgan fingerprint density at radius 2 is 1.09 bits per heavy atom. The van der Waals surface area contributed by atoms with Crippen LogP contribution in [0, 0.1) is 0 Å². The number of hydrogen-bond acceptors (Lipinski definition) is 10. The minimum atomic E-state index is -1.09. The molecule has 0 radical (unpaired) electrons. The number of ketones is 2. The lowest BCUT2D eigenvalue weighted by Gasteiger charge is -2.21. The van der Waals surface area contributed by atoms with Crippen molar-refractivity contribution in [2.24, 2.45) is 22.9 Å². The molecule has 4 atom stereocenters. The van der Waals surface area contributed by atoms with E-state index in [1.807, 2.05) is 0 Å². The number of carbonyl (C=O) groups is 4. The molecule has 0 aromatic heterocycles. The fourth-order valence-corrected chi connectivity index (χ4v) is 5.02. The SMILES string of the molecule is COc1cc(/C=C/C(=O)CC(=O)/C=C/c2ccc(C(CCN)CC(N)C(=O)O)c(OC)c2)ccc1C(CCN)CC(N)C(=O)O. The molecule has 4 unspecified atom stereocenters. The van der Waals surface area contributed by atoms with Gasteiger partial charge in [0.2, 0.25) is 0 Å². The maximum Gasteiger partial charge on any atom is 0.320 e. The zero-order chi connectivity index (χ0) is 33.5. The average molecular weight is 625 g/mol. The lowest BCUT2D eigenvalue weighted by molar-refractivity contribution is -0.139. The zero-order valence-electron chi connectivity index (χ0n) is 25.7. The number of carboxylic acid groups (broad SMARTS) is 2. The largest absolute Gasteiger partial charge is 0.496 e. The van der Waals surface area contributed by atoms with Gasteiger partial charge in [-0.05, 0) is 97.1 Å². The fraction of sp³-hybridized carbons (Fsp3) is 0.394. The first-order chi connectivity index (χ1) is 21.4. The monoisotopic (exact) mass is 624 g/mol. The molecule has 45 heavy (non-hydrogen) atoms. The normalized spacial score (nSPS) is 14.2. The standard InChI is InChI=1S/C33H44N4O8/c1-44-30-15-20(5-9-26(30)22(11-13-34)17-28(36)32(40)41)3-7-24(38)19-25(39)8-4-21-6-10-27(31(16-21)45-2)23(12-14-35)18-29(37)33(42)43/h3-10,15-16,22-23,28-29H,11-14,17-19,34-37H2,1-2H3,(H,40,41)(H,42,43)/b7-3+,8-4+. The van der Waals surface area contributed by atoms with Crippen LogP contribution in [-0.2, 0) is 19.2 Å². The number of carboxylic acids is 2. The smallest absolute Gasteiger partial charge is 0.320 e. The topological polar surface area (TPSA) is 231 Å². The van der Waals surface area contributed by atoms with Crippen molar-refractivity contribution >= 4 is 35.7 Å². The average Bonchev–Trinajstić information content (AvgIpc) is 3.01. The molecule has 12 heteroatoms. The van der Waals surface area contributed by atoms with Gasteiger partial charge in [-0.1, -0.05) is 36.4 Å². The van der Waals surface area contributed by atoms with E-state index < -0.39 is 35.6 Å². The van der Waals surface area contributed by atoms with Gasteiger partial charge in [0.1, 0.15) is 23.6 Å². The number of rotatable bonds is 20. The van der Waals surface area contributed by atoms with Crippen LogP contribution in [0.1, 0.15) is 66.2 Å². The predicted molar refractivity (Wildman–Crippen MR) is 172 cm³/mol.